The molecule has 0 aliphatic rings. The van der Waals surface area contributed by atoms with Gasteiger partial charge in [0.2, 0.25) is 0 Å². The van der Waals surface area contributed by atoms with E-state index in [0.29, 0.717) is 26.2 Å². The predicted octanol–water partition coefficient (Wildman–Crippen LogP) is 5.55. The van der Waals surface area contributed by atoms with Gasteiger partial charge in [-0.25, -0.2) is 0 Å². The number of hydrogen-bond donors (Lipinski definition) is 0. The highest BCUT2D eigenvalue weighted by atomic mass is 29.8. The molecular weight excluding hydrogens is 1030 g/mol. The van der Waals surface area contributed by atoms with Gasteiger partial charge in [-0.1, -0.05) is 162 Å². The van der Waals surface area contributed by atoms with Crippen LogP contribution in [0.25, 0.3) is 0 Å². The zero-order chi connectivity index (χ0) is 44.1. The van der Waals surface area contributed by atoms with Crippen LogP contribution < -0.4 is 0 Å². The molecule has 0 unspecified atom stereocenters. The Morgan fingerprint density at radius 2 is 0.754 bits per heavy atom. The summed E-state index contributed by atoms with van der Waals surface area (Å²) in [5, 5.41) is 0. The van der Waals surface area contributed by atoms with Crippen LogP contribution in [0, 0.1) is 5.92 Å². The molecule has 0 spiro atoms. The van der Waals surface area contributed by atoms with Crippen LogP contribution in [0.5, 0.6) is 0 Å². The highest BCUT2D eigenvalue weighted by Crippen LogP contribution is 2.15. The molecule has 0 saturated carbocycles. The van der Waals surface area contributed by atoms with E-state index in [1.807, 2.05) is 39.3 Å². The van der Waals surface area contributed by atoms with Crippen LogP contribution in [0.4, 0.5) is 0 Å². The summed E-state index contributed by atoms with van der Waals surface area (Å²) in [7, 11) is -25.7. The lowest BCUT2D eigenvalue weighted by atomic mass is 10.3. The second-order valence-corrected chi connectivity index (χ2v) is 71.1. The van der Waals surface area contributed by atoms with Crippen LogP contribution >= 0.6 is 0 Å². The van der Waals surface area contributed by atoms with Crippen LogP contribution in [0.3, 0.4) is 0 Å². The first-order valence-corrected chi connectivity index (χ1v) is 52.5. The highest BCUT2D eigenvalue weighted by Gasteiger charge is 2.38. The minimum Gasteiger partial charge on any atom is -0.526 e. The van der Waals surface area contributed by atoms with Gasteiger partial charge in [-0.2, -0.15) is 0 Å². The van der Waals surface area contributed by atoms with E-state index in [4.69, 9.17) is 13.3 Å². The Morgan fingerprint density at radius 1 is 0.475 bits per heavy atom. The first-order chi connectivity index (χ1) is 25.5. The van der Waals surface area contributed by atoms with E-state index in [1.54, 1.807) is 0 Å². The quantitative estimate of drug-likeness (QED) is 0.0725. The minimum atomic E-state index is -2.35. The standard InChI is InChI=1S/C6H16O6Si6.C6H16O5Si5.C6H16O4Si4.C4H10.C3H8.6CH4.H2/c1-18(2,17(11)16(10)14-8)6-4-3-5-12-15(9)13-7;1-16(2,15(10)13-8)6-4-3-5-11-14(9)12-7;1-14(2,13(9)12-8)6-4-3-5-10-11-7;1-4(2)3;1-3-2;;;;;;;/h13-14H,3-6H2,1-2H3;12-13H,3-6H2,1-2H3;11-12H,3-6H2,1-2H3;4H,1-3H3;3H2,1-2H3;6*1H4;1H/i;;;;;;;;;;;1+1. The van der Waals surface area contributed by atoms with Gasteiger partial charge in [0.15, 0.2) is 0 Å². The van der Waals surface area contributed by atoms with Crippen LogP contribution in [-0.2, 0) is 66.8 Å². The molecule has 0 aromatic heterocycles. The van der Waals surface area contributed by atoms with E-state index in [9.17, 15) is 53.5 Å². The van der Waals surface area contributed by atoms with E-state index in [2.05, 4.69) is 34.6 Å². The molecule has 0 radical (unpaired) electrons. The van der Waals surface area contributed by atoms with Crippen molar-refractivity contribution >= 4 is 125 Å². The average molecular weight is 1130 g/mol. The van der Waals surface area contributed by atoms with Gasteiger partial charge in [-0.05, 0) is 25.2 Å². The summed E-state index contributed by atoms with van der Waals surface area (Å²) in [6.07, 6.45) is 6.03. The van der Waals surface area contributed by atoms with Gasteiger partial charge in [0.25, 0.3) is 0 Å². The molecule has 366 valence electrons. The predicted molar refractivity (Wildman–Crippen MR) is 277 cm³/mol. The van der Waals surface area contributed by atoms with E-state index in [-0.39, 0.29) is 46.0 Å². The van der Waals surface area contributed by atoms with Crippen molar-refractivity contribution in [2.24, 2.45) is 5.92 Å². The molecule has 0 heterocycles. The first-order valence-electron chi connectivity index (χ1n) is 18.3. The number of rotatable bonds is 27. The number of unbranched alkanes of at least 4 members (excludes halogenated alkanes) is 3. The van der Waals surface area contributed by atoms with Crippen LogP contribution in [-0.4, -0.2) is 145 Å². The van der Waals surface area contributed by atoms with Crippen LogP contribution in [0.15, 0.2) is 0 Å². The molecule has 0 atom stereocenters. The number of hydrogen-bond acceptors (Lipinski definition) is 15. The lowest BCUT2D eigenvalue weighted by Crippen LogP contribution is -2.47. The van der Waals surface area contributed by atoms with Crippen molar-refractivity contribution in [1.82, 2.24) is 0 Å². The lowest BCUT2D eigenvalue weighted by molar-refractivity contribution is 0.292. The lowest BCUT2D eigenvalue weighted by Gasteiger charge is -2.16. The van der Waals surface area contributed by atoms with Gasteiger partial charge in [0.05, 0.1) is 19.8 Å². The van der Waals surface area contributed by atoms with Crippen molar-refractivity contribution in [1.29, 1.82) is 0 Å². The Morgan fingerprint density at radius 3 is 1.00 bits per heavy atom. The van der Waals surface area contributed by atoms with E-state index < -0.39 is 125 Å². The van der Waals surface area contributed by atoms with Crippen LogP contribution in [0.1, 0.15) is 126 Å². The molecule has 0 amide bonds. The van der Waals surface area contributed by atoms with Crippen molar-refractivity contribution in [2.75, 3.05) is 19.8 Å². The van der Waals surface area contributed by atoms with Gasteiger partial charge in [-0.3, -0.25) is 0 Å². The normalized spacial score (nSPS) is 9.25. The van der Waals surface area contributed by atoms with Crippen molar-refractivity contribution in [3.63, 3.8) is 0 Å². The third-order valence-corrected chi connectivity index (χ3v) is 68.4. The molecule has 0 bridgehead atoms. The van der Waals surface area contributed by atoms with Gasteiger partial charge < -0.3 is 66.8 Å². The molecule has 0 aromatic carbocycles. The molecule has 0 aliphatic carbocycles. The summed E-state index contributed by atoms with van der Waals surface area (Å²) in [6, 6.07) is 2.52. The highest BCUT2D eigenvalue weighted by molar-refractivity contribution is 7.56. The SMILES string of the molecule is C.C.C.C.C.C.CC(C)C.CCC.C[Si](C)(CCCCO[SiH]=O)[Si](=O)[SiH]=O.C[Si](C)(CCCCO[Si](=O)[SiH]=O)[Si](=O)[SiH]=O.C[Si](C)(CCCCO[Si](=O)[SiH]=O)[Si](=O)[Si](=O)[SiH]=O.[2HH]. The maximum Gasteiger partial charge on any atom is 0.539 e. The third kappa shape index (κ3) is 60.3. The van der Waals surface area contributed by atoms with Gasteiger partial charge in [-0.15, -0.1) is 0 Å². The summed E-state index contributed by atoms with van der Waals surface area (Å²) in [6.45, 7) is 23.7. The molecule has 0 aromatic rings. The Balaban J connectivity index is -0.0000000534. The Hall–Kier alpha value is 0.253. The summed E-state index contributed by atoms with van der Waals surface area (Å²) < 4.78 is 145. The fourth-order valence-corrected chi connectivity index (χ4v) is 47.9. The molecule has 15 nitrogen and oxygen atoms in total. The minimum absolute atomic E-state index is 0. The zero-order valence-corrected chi connectivity index (χ0v) is 50.8. The van der Waals surface area contributed by atoms with Crippen molar-refractivity contribution in [3.05, 3.63) is 0 Å². The van der Waals surface area contributed by atoms with Crippen molar-refractivity contribution in [2.45, 2.75) is 182 Å². The molecule has 0 aliphatic heterocycles. The summed E-state index contributed by atoms with van der Waals surface area (Å²) >= 11 is 0. The van der Waals surface area contributed by atoms with Crippen molar-refractivity contribution in [3.8, 4) is 0 Å². The largest absolute Gasteiger partial charge is 0.539 e. The Labute approximate surface area is 397 Å². The molecule has 30 heteroatoms. The fraction of sp³-hybridized carbons (Fsp3) is 1.00. The van der Waals surface area contributed by atoms with E-state index in [0.717, 1.165) is 56.2 Å². The second kappa shape index (κ2) is 56.4. The Kier molecular flexibility index (Phi) is 81.4. The monoisotopic (exact) mass is 1130 g/mol. The second-order valence-electron chi connectivity index (χ2n) is 14.8. The first kappa shape index (κ1) is 88.1. The van der Waals surface area contributed by atoms with E-state index in [1.165, 1.54) is 6.42 Å². The fourth-order valence-electron chi connectivity index (χ4n) is 3.62. The topological polar surface area (TPSA) is 233 Å². The summed E-state index contributed by atoms with van der Waals surface area (Å²) in [5.74, 6) is 0.833. The molecule has 0 rings (SSSR count). The van der Waals surface area contributed by atoms with Gasteiger partial charge in [0.1, 0.15) is 22.8 Å². The molecule has 0 N–H and O–H groups in total. The summed E-state index contributed by atoms with van der Waals surface area (Å²) in [5.41, 5.74) is 0. The molecular formula is C31H92O15Si15. The molecule has 0 fully saturated rings. The van der Waals surface area contributed by atoms with Gasteiger partial charge in [0, 0.05) is 1.43 Å². The zero-order valence-electron chi connectivity index (χ0n) is 34.9. The van der Waals surface area contributed by atoms with Crippen molar-refractivity contribution < 1.29 is 68.2 Å². The molecule has 61 heavy (non-hydrogen) atoms. The third-order valence-electron chi connectivity index (χ3n) is 6.95. The van der Waals surface area contributed by atoms with E-state index >= 15 is 0 Å². The van der Waals surface area contributed by atoms with Gasteiger partial charge >= 0.3 is 102 Å². The Bertz CT molecular complexity index is 1230. The maximum absolute atomic E-state index is 11.9. The average Bonchev–Trinajstić information content (AvgIpc) is 3.13. The smallest absolute Gasteiger partial charge is 0.526 e. The summed E-state index contributed by atoms with van der Waals surface area (Å²) in [4.78, 5) is 0. The van der Waals surface area contributed by atoms with Crippen LogP contribution in [0.2, 0.25) is 57.4 Å². The molecule has 0 saturated heterocycles. The maximum atomic E-state index is 11.9.